The minimum absolute atomic E-state index is 0.0487. The number of aromatic hydroxyl groups is 1. The zero-order valence-corrected chi connectivity index (χ0v) is 13.5. The van der Waals surface area contributed by atoms with E-state index in [9.17, 15) is 5.11 Å². The van der Waals surface area contributed by atoms with E-state index in [2.05, 4.69) is 20.9 Å². The van der Waals surface area contributed by atoms with Gasteiger partial charge in [-0.25, -0.2) is 0 Å². The number of phenolic OH excluding ortho intramolecular Hbond substituents is 1. The fourth-order valence-corrected chi connectivity index (χ4v) is 2.60. The van der Waals surface area contributed by atoms with Gasteiger partial charge in [0.2, 0.25) is 0 Å². The molecule has 0 saturated heterocycles. The summed E-state index contributed by atoms with van der Waals surface area (Å²) in [6, 6.07) is 8.45. The lowest BCUT2D eigenvalue weighted by Gasteiger charge is -2.04. The average Bonchev–Trinajstić information content (AvgIpc) is 2.41. The molecule has 0 atom stereocenters. The Morgan fingerprint density at radius 1 is 1.25 bits per heavy atom. The Morgan fingerprint density at radius 3 is 2.65 bits per heavy atom. The number of ether oxygens (including phenoxy) is 1. The summed E-state index contributed by atoms with van der Waals surface area (Å²) in [5, 5.41) is 10.5. The topological polar surface area (TPSA) is 41.8 Å². The first kappa shape index (κ1) is 15.2. The molecule has 0 aliphatic heterocycles. The predicted molar refractivity (Wildman–Crippen MR) is 86.1 cm³/mol. The van der Waals surface area contributed by atoms with E-state index in [4.69, 9.17) is 27.9 Å². The van der Waals surface area contributed by atoms with Crippen LogP contribution < -0.4 is 4.74 Å². The minimum Gasteiger partial charge on any atom is -0.506 e. The molecule has 0 fully saturated rings. The second kappa shape index (κ2) is 6.48. The van der Waals surface area contributed by atoms with Gasteiger partial charge in [0.05, 0.1) is 22.3 Å². The van der Waals surface area contributed by atoms with Crippen LogP contribution in [0.2, 0.25) is 10.0 Å². The molecule has 0 saturated carbocycles. The molecule has 1 N–H and O–H groups in total. The quantitative estimate of drug-likeness (QED) is 0.748. The number of hydrogen-bond acceptors (Lipinski definition) is 3. The Kier molecular flexibility index (Phi) is 4.91. The van der Waals surface area contributed by atoms with Crippen LogP contribution in [-0.4, -0.2) is 18.4 Å². The maximum atomic E-state index is 9.83. The predicted octanol–water partition coefficient (Wildman–Crippen LogP) is 5.22. The van der Waals surface area contributed by atoms with Crippen LogP contribution in [0.3, 0.4) is 0 Å². The minimum atomic E-state index is -0.0487. The normalized spacial score (nSPS) is 11.0. The summed E-state index contributed by atoms with van der Waals surface area (Å²) in [6.07, 6.45) is 1.50. The molecule has 3 nitrogen and oxygen atoms in total. The van der Waals surface area contributed by atoms with Gasteiger partial charge in [0.25, 0.3) is 0 Å². The summed E-state index contributed by atoms with van der Waals surface area (Å²) in [7, 11) is 1.59. The van der Waals surface area contributed by atoms with E-state index in [1.165, 1.54) is 12.3 Å². The van der Waals surface area contributed by atoms with Gasteiger partial charge in [0, 0.05) is 16.8 Å². The lowest BCUT2D eigenvalue weighted by Crippen LogP contribution is -1.85. The van der Waals surface area contributed by atoms with Crippen molar-refractivity contribution >= 4 is 51.0 Å². The highest BCUT2D eigenvalue weighted by Crippen LogP contribution is 2.32. The van der Waals surface area contributed by atoms with Gasteiger partial charge in [-0.05, 0) is 46.3 Å². The van der Waals surface area contributed by atoms with Crippen LogP contribution in [-0.2, 0) is 0 Å². The highest BCUT2D eigenvalue weighted by molar-refractivity contribution is 9.10. The number of hydrogen-bond donors (Lipinski definition) is 1. The van der Waals surface area contributed by atoms with E-state index in [-0.39, 0.29) is 10.8 Å². The van der Waals surface area contributed by atoms with Crippen LogP contribution in [0.5, 0.6) is 11.5 Å². The first-order valence-corrected chi connectivity index (χ1v) is 7.12. The largest absolute Gasteiger partial charge is 0.506 e. The third-order valence-electron chi connectivity index (χ3n) is 2.55. The van der Waals surface area contributed by atoms with Gasteiger partial charge >= 0.3 is 0 Å². The van der Waals surface area contributed by atoms with Crippen molar-refractivity contribution in [3.8, 4) is 11.5 Å². The number of halogens is 3. The summed E-state index contributed by atoms with van der Waals surface area (Å²) in [5.41, 5.74) is 1.16. The highest BCUT2D eigenvalue weighted by Gasteiger charge is 2.06. The van der Waals surface area contributed by atoms with Crippen LogP contribution >= 0.6 is 39.1 Å². The summed E-state index contributed by atoms with van der Waals surface area (Å²) < 4.78 is 5.93. The first-order chi connectivity index (χ1) is 9.51. The third-order valence-corrected chi connectivity index (χ3v) is 3.67. The number of nitrogens with zero attached hydrogens (tertiary/aromatic N) is 1. The van der Waals surface area contributed by atoms with Gasteiger partial charge in [-0.15, -0.1) is 0 Å². The third kappa shape index (κ3) is 3.45. The van der Waals surface area contributed by atoms with Crippen molar-refractivity contribution in [3.05, 3.63) is 50.4 Å². The smallest absolute Gasteiger partial charge is 0.143 e. The molecule has 0 heterocycles. The van der Waals surface area contributed by atoms with Crippen LogP contribution in [0.25, 0.3) is 0 Å². The van der Waals surface area contributed by atoms with Crippen molar-refractivity contribution < 1.29 is 9.84 Å². The van der Waals surface area contributed by atoms with Crippen molar-refractivity contribution in [3.63, 3.8) is 0 Å². The molecule has 20 heavy (non-hydrogen) atoms. The van der Waals surface area contributed by atoms with Crippen LogP contribution in [0.4, 0.5) is 5.69 Å². The maximum Gasteiger partial charge on any atom is 0.143 e. The zero-order chi connectivity index (χ0) is 14.7. The Balaban J connectivity index is 2.32. The Morgan fingerprint density at radius 2 is 2.00 bits per heavy atom. The van der Waals surface area contributed by atoms with Crippen LogP contribution in [0.15, 0.2) is 39.8 Å². The Labute approximate surface area is 134 Å². The monoisotopic (exact) mass is 373 g/mol. The van der Waals surface area contributed by atoms with Crippen molar-refractivity contribution in [2.45, 2.75) is 0 Å². The molecule has 0 bridgehead atoms. The number of phenols is 1. The molecule has 104 valence electrons. The molecule has 0 radical (unpaired) electrons. The van der Waals surface area contributed by atoms with Crippen molar-refractivity contribution in [1.29, 1.82) is 0 Å². The Bertz CT molecular complexity index is 674. The average molecular weight is 375 g/mol. The fraction of sp³-hybridized carbons (Fsp3) is 0.0714. The summed E-state index contributed by atoms with van der Waals surface area (Å²) in [5.74, 6) is 0.671. The molecule has 2 rings (SSSR count). The SMILES string of the molecule is COc1ccc(N=Cc2cc(Cl)cc(Cl)c2O)cc1Br. The van der Waals surface area contributed by atoms with Crippen molar-refractivity contribution in [2.75, 3.05) is 7.11 Å². The molecule has 0 spiro atoms. The standard InChI is InChI=1S/C14H10BrCl2NO2/c1-20-13-3-2-10(6-11(13)15)18-7-8-4-9(16)5-12(17)14(8)19/h2-7,19H,1H3. The van der Waals surface area contributed by atoms with Gasteiger partial charge in [-0.2, -0.15) is 0 Å². The van der Waals surface area contributed by atoms with Gasteiger partial charge in [-0.3, -0.25) is 4.99 Å². The van der Waals surface area contributed by atoms with Gasteiger partial charge in [0.15, 0.2) is 0 Å². The van der Waals surface area contributed by atoms with Crippen molar-refractivity contribution in [2.24, 2.45) is 4.99 Å². The van der Waals surface area contributed by atoms with E-state index in [1.807, 2.05) is 0 Å². The lowest BCUT2D eigenvalue weighted by molar-refractivity contribution is 0.412. The first-order valence-electron chi connectivity index (χ1n) is 5.57. The molecule has 0 unspecified atom stereocenters. The number of methoxy groups -OCH3 is 1. The molecule has 0 aromatic heterocycles. The summed E-state index contributed by atoms with van der Waals surface area (Å²) in [6.45, 7) is 0. The number of benzene rings is 2. The highest BCUT2D eigenvalue weighted by atomic mass is 79.9. The van der Waals surface area contributed by atoms with Crippen LogP contribution in [0, 0.1) is 0 Å². The molecule has 0 aliphatic carbocycles. The van der Waals surface area contributed by atoms with E-state index < -0.39 is 0 Å². The summed E-state index contributed by atoms with van der Waals surface area (Å²) >= 11 is 15.1. The van der Waals surface area contributed by atoms with Crippen molar-refractivity contribution in [1.82, 2.24) is 0 Å². The molecular formula is C14H10BrCl2NO2. The molecular weight excluding hydrogens is 365 g/mol. The number of rotatable bonds is 3. The molecule has 0 amide bonds. The van der Waals surface area contributed by atoms with Gasteiger partial charge < -0.3 is 9.84 Å². The van der Waals surface area contributed by atoms with E-state index >= 15 is 0 Å². The lowest BCUT2D eigenvalue weighted by atomic mass is 10.2. The summed E-state index contributed by atoms with van der Waals surface area (Å²) in [4.78, 5) is 4.27. The maximum absolute atomic E-state index is 9.83. The molecule has 0 aliphatic rings. The number of aliphatic imine (C=N–C) groups is 1. The van der Waals surface area contributed by atoms with Crippen LogP contribution in [0.1, 0.15) is 5.56 Å². The molecule has 2 aromatic carbocycles. The van der Waals surface area contributed by atoms with Gasteiger partial charge in [0.1, 0.15) is 11.5 Å². The van der Waals surface area contributed by atoms with E-state index in [0.717, 1.165) is 10.2 Å². The Hall–Kier alpha value is -1.23. The van der Waals surface area contributed by atoms with Gasteiger partial charge in [-0.1, -0.05) is 23.2 Å². The van der Waals surface area contributed by atoms with E-state index in [1.54, 1.807) is 31.4 Å². The molecule has 6 heteroatoms. The second-order valence-electron chi connectivity index (χ2n) is 3.90. The fourth-order valence-electron chi connectivity index (χ4n) is 1.56. The molecule has 2 aromatic rings. The zero-order valence-electron chi connectivity index (χ0n) is 10.4. The second-order valence-corrected chi connectivity index (χ2v) is 5.60. The van der Waals surface area contributed by atoms with E-state index in [0.29, 0.717) is 16.3 Å².